The lowest BCUT2D eigenvalue weighted by Gasteiger charge is -2.06. The maximum absolute atomic E-state index is 10.8. The molecule has 0 radical (unpaired) electrons. The highest BCUT2D eigenvalue weighted by molar-refractivity contribution is 9.10. The summed E-state index contributed by atoms with van der Waals surface area (Å²) in [5.74, 6) is 0. The Morgan fingerprint density at radius 2 is 1.47 bits per heavy atom. The van der Waals surface area contributed by atoms with Crippen LogP contribution in [0.4, 0.5) is 0 Å². The standard InChI is InChI=1S/C10H11BrN2O4S.C9H9BrN2O2/c1-18(14,15)16-6-8-4-10(13-17-8)9-3-2-7(11)5-12-9;10-6-1-2-8(11-4-6)9-3-7(5-13)14-12-9/h2-3,5,8H,4,6H2,1H3;1-2,4,7,13H,3,5H2/t8-;7-/m00/s1. The Hall–Kier alpha value is -1.93. The van der Waals surface area contributed by atoms with Gasteiger partial charge < -0.3 is 14.8 Å². The molecule has 0 aliphatic carbocycles. The first-order valence-corrected chi connectivity index (χ1v) is 12.8. The average Bonchev–Trinajstić information content (AvgIpc) is 3.43. The summed E-state index contributed by atoms with van der Waals surface area (Å²) in [6, 6.07) is 7.43. The molecule has 2 aromatic rings. The van der Waals surface area contributed by atoms with Gasteiger partial charge >= 0.3 is 0 Å². The summed E-state index contributed by atoms with van der Waals surface area (Å²) in [5.41, 5.74) is 2.98. The van der Waals surface area contributed by atoms with E-state index in [1.54, 1.807) is 12.4 Å². The average molecular weight is 592 g/mol. The van der Waals surface area contributed by atoms with Crippen molar-refractivity contribution in [1.82, 2.24) is 9.97 Å². The van der Waals surface area contributed by atoms with Gasteiger partial charge in [0.1, 0.15) is 18.0 Å². The molecule has 0 unspecified atom stereocenters. The third-order valence-electron chi connectivity index (χ3n) is 4.18. The molecule has 0 aromatic carbocycles. The largest absolute Gasteiger partial charge is 0.392 e. The highest BCUT2D eigenvalue weighted by Gasteiger charge is 2.24. The molecular formula is C19H20Br2N4O6S. The van der Waals surface area contributed by atoms with Crippen LogP contribution >= 0.6 is 31.9 Å². The van der Waals surface area contributed by atoms with Gasteiger partial charge in [-0.15, -0.1) is 0 Å². The van der Waals surface area contributed by atoms with Crippen LogP contribution in [0.2, 0.25) is 0 Å². The second-order valence-corrected chi connectivity index (χ2v) is 10.3. The van der Waals surface area contributed by atoms with E-state index < -0.39 is 10.1 Å². The number of halogens is 2. The number of oxime groups is 2. The van der Waals surface area contributed by atoms with E-state index in [4.69, 9.17) is 14.8 Å². The van der Waals surface area contributed by atoms with Crippen LogP contribution in [-0.2, 0) is 24.0 Å². The van der Waals surface area contributed by atoms with E-state index in [1.165, 1.54) is 0 Å². The lowest BCUT2D eigenvalue weighted by molar-refractivity contribution is 0.0390. The van der Waals surface area contributed by atoms with Crippen molar-refractivity contribution in [3.8, 4) is 0 Å². The number of hydrogen-bond acceptors (Lipinski definition) is 10. The van der Waals surface area contributed by atoms with Crippen molar-refractivity contribution in [3.05, 3.63) is 57.0 Å². The molecule has 172 valence electrons. The van der Waals surface area contributed by atoms with E-state index in [-0.39, 0.29) is 25.4 Å². The lowest BCUT2D eigenvalue weighted by atomic mass is 10.1. The van der Waals surface area contributed by atoms with Crippen LogP contribution in [0.5, 0.6) is 0 Å². The van der Waals surface area contributed by atoms with E-state index >= 15 is 0 Å². The Balaban J connectivity index is 0.000000186. The van der Waals surface area contributed by atoms with Crippen LogP contribution in [0, 0.1) is 0 Å². The van der Waals surface area contributed by atoms with E-state index in [0.717, 1.165) is 26.6 Å². The third kappa shape index (κ3) is 7.59. The van der Waals surface area contributed by atoms with Crippen molar-refractivity contribution >= 4 is 53.4 Å². The van der Waals surface area contributed by atoms with Crippen LogP contribution in [0.3, 0.4) is 0 Å². The van der Waals surface area contributed by atoms with Crippen LogP contribution in [-0.4, -0.2) is 66.6 Å². The van der Waals surface area contributed by atoms with Gasteiger partial charge in [0.2, 0.25) is 0 Å². The van der Waals surface area contributed by atoms with Gasteiger partial charge in [-0.2, -0.15) is 8.42 Å². The Morgan fingerprint density at radius 1 is 0.969 bits per heavy atom. The van der Waals surface area contributed by atoms with Crippen LogP contribution in [0.15, 0.2) is 55.9 Å². The molecule has 0 fully saturated rings. The topological polar surface area (TPSA) is 133 Å². The van der Waals surface area contributed by atoms with Crippen LogP contribution in [0.1, 0.15) is 24.2 Å². The number of rotatable bonds is 6. The number of nitrogens with zero attached hydrogens (tertiary/aromatic N) is 4. The second-order valence-electron chi connectivity index (χ2n) is 6.83. The Kier molecular flexibility index (Phi) is 8.71. The minimum atomic E-state index is -3.45. The lowest BCUT2D eigenvalue weighted by Crippen LogP contribution is -2.19. The summed E-state index contributed by atoms with van der Waals surface area (Å²) < 4.78 is 28.2. The van der Waals surface area contributed by atoms with Crippen molar-refractivity contribution < 1.29 is 27.4 Å². The van der Waals surface area contributed by atoms with Gasteiger partial charge in [0.05, 0.1) is 24.3 Å². The zero-order chi connectivity index (χ0) is 23.1. The molecule has 0 saturated heterocycles. The molecule has 0 amide bonds. The van der Waals surface area contributed by atoms with Gasteiger partial charge in [-0.1, -0.05) is 10.3 Å². The van der Waals surface area contributed by atoms with E-state index in [1.807, 2.05) is 24.3 Å². The summed E-state index contributed by atoms with van der Waals surface area (Å²) in [7, 11) is -3.45. The maximum atomic E-state index is 10.8. The van der Waals surface area contributed by atoms with Crippen molar-refractivity contribution in [2.24, 2.45) is 10.3 Å². The molecule has 10 nitrogen and oxygen atoms in total. The molecule has 2 atom stereocenters. The number of pyridine rings is 2. The number of aliphatic hydroxyl groups is 1. The molecule has 4 rings (SSSR count). The van der Waals surface area contributed by atoms with Crippen LogP contribution in [0.25, 0.3) is 0 Å². The summed E-state index contributed by atoms with van der Waals surface area (Å²) in [5, 5.41) is 16.6. The predicted molar refractivity (Wildman–Crippen MR) is 124 cm³/mol. The highest BCUT2D eigenvalue weighted by atomic mass is 79.9. The minimum absolute atomic E-state index is 0.0104. The molecule has 0 saturated carbocycles. The van der Waals surface area contributed by atoms with Gasteiger partial charge in [-0.3, -0.25) is 14.2 Å². The SMILES string of the molecule is CS(=O)(=O)OC[C@@H]1CC(c2ccc(Br)cn2)=NO1.OC[C@@H]1CC(c2ccc(Br)cn2)=NO1. The van der Waals surface area contributed by atoms with Gasteiger partial charge in [0.25, 0.3) is 10.1 Å². The fourth-order valence-corrected chi connectivity index (χ4v) is 3.51. The first-order chi connectivity index (χ1) is 15.2. The quantitative estimate of drug-likeness (QED) is 0.507. The fourth-order valence-electron chi connectivity index (χ4n) is 2.64. The first-order valence-electron chi connectivity index (χ1n) is 9.38. The summed E-state index contributed by atoms with van der Waals surface area (Å²) in [6.45, 7) is -0.0497. The second kappa shape index (κ2) is 11.3. The number of hydrogen-bond donors (Lipinski definition) is 1. The zero-order valence-corrected chi connectivity index (χ0v) is 20.9. The van der Waals surface area contributed by atoms with Gasteiger partial charge in [-0.25, -0.2) is 0 Å². The Bertz CT molecular complexity index is 1080. The minimum Gasteiger partial charge on any atom is -0.392 e. The molecule has 1 N–H and O–H groups in total. The molecule has 2 aromatic heterocycles. The molecule has 13 heteroatoms. The summed E-state index contributed by atoms with van der Waals surface area (Å²) in [4.78, 5) is 18.5. The van der Waals surface area contributed by atoms with Gasteiger partial charge in [-0.05, 0) is 56.1 Å². The number of aliphatic hydroxyl groups excluding tert-OH is 1. The molecular weight excluding hydrogens is 572 g/mol. The molecule has 2 aliphatic heterocycles. The van der Waals surface area contributed by atoms with Gasteiger partial charge in [0.15, 0.2) is 12.2 Å². The van der Waals surface area contributed by atoms with Crippen molar-refractivity contribution in [3.63, 3.8) is 0 Å². The maximum Gasteiger partial charge on any atom is 0.264 e. The predicted octanol–water partition coefficient (Wildman–Crippen LogP) is 2.64. The normalized spacial score (nSPS) is 19.9. The molecule has 32 heavy (non-hydrogen) atoms. The first kappa shape index (κ1) is 24.7. The molecule has 0 bridgehead atoms. The third-order valence-corrected chi connectivity index (χ3v) is 5.69. The van der Waals surface area contributed by atoms with Crippen molar-refractivity contribution in [1.29, 1.82) is 0 Å². The summed E-state index contributed by atoms with van der Waals surface area (Å²) in [6.07, 6.45) is 4.87. The smallest absolute Gasteiger partial charge is 0.264 e. The van der Waals surface area contributed by atoms with E-state index in [0.29, 0.717) is 24.2 Å². The van der Waals surface area contributed by atoms with E-state index in [2.05, 4.69) is 56.3 Å². The Labute approximate surface area is 202 Å². The molecule has 4 heterocycles. The summed E-state index contributed by atoms with van der Waals surface area (Å²) >= 11 is 6.60. The van der Waals surface area contributed by atoms with Gasteiger partial charge in [0, 0.05) is 34.2 Å². The molecule has 2 aliphatic rings. The number of aromatic nitrogens is 2. The zero-order valence-electron chi connectivity index (χ0n) is 16.9. The van der Waals surface area contributed by atoms with Crippen molar-refractivity contribution in [2.75, 3.05) is 19.5 Å². The highest BCUT2D eigenvalue weighted by Crippen LogP contribution is 2.18. The molecule has 0 spiro atoms. The Morgan fingerprint density at radius 3 is 1.88 bits per heavy atom. The van der Waals surface area contributed by atoms with Crippen LogP contribution < -0.4 is 0 Å². The van der Waals surface area contributed by atoms with E-state index in [9.17, 15) is 8.42 Å². The monoisotopic (exact) mass is 590 g/mol. The fraction of sp³-hybridized carbons (Fsp3) is 0.368. The van der Waals surface area contributed by atoms with Crippen molar-refractivity contribution in [2.45, 2.75) is 25.0 Å².